The van der Waals surface area contributed by atoms with Gasteiger partial charge in [-0.2, -0.15) is 0 Å². The zero-order chi connectivity index (χ0) is 34.4. The molecule has 5 aliphatic rings. The Morgan fingerprint density at radius 3 is 2.19 bits per heavy atom. The molecule has 0 heterocycles. The van der Waals surface area contributed by atoms with Crippen LogP contribution in [-0.4, -0.2) is 22.6 Å². The van der Waals surface area contributed by atoms with Crippen LogP contribution in [0.2, 0.25) is 0 Å². The second-order valence-electron chi connectivity index (χ2n) is 18.8. The molecule has 0 saturated heterocycles. The van der Waals surface area contributed by atoms with Crippen molar-refractivity contribution in [1.82, 2.24) is 0 Å². The van der Waals surface area contributed by atoms with Crippen molar-refractivity contribution in [2.75, 3.05) is 0 Å². The minimum absolute atomic E-state index is 0.00101. The van der Waals surface area contributed by atoms with E-state index in [1.54, 1.807) is 0 Å². The number of carbonyl (C=O) groups excluding carboxylic acids is 1. The topological polar surface area (TPSA) is 63.6 Å². The summed E-state index contributed by atoms with van der Waals surface area (Å²) < 4.78 is 5.62. The fourth-order valence-corrected chi connectivity index (χ4v) is 13.1. The van der Waals surface area contributed by atoms with Crippen LogP contribution in [0.25, 0.3) is 5.57 Å². The first-order valence-electron chi connectivity index (χ1n) is 18.8. The molecule has 1 aromatic carbocycles. The van der Waals surface area contributed by atoms with E-state index < -0.39 is 17.0 Å². The zero-order valence-electron chi connectivity index (χ0n) is 30.9. The van der Waals surface area contributed by atoms with E-state index in [-0.39, 0.29) is 33.5 Å². The predicted molar refractivity (Wildman–Crippen MR) is 191 cm³/mol. The summed E-state index contributed by atoms with van der Waals surface area (Å²) in [6.45, 7) is 25.3. The average Bonchev–Trinajstić information content (AvgIpc) is 3.38. The third kappa shape index (κ3) is 5.03. The van der Waals surface area contributed by atoms with Gasteiger partial charge in [-0.15, -0.1) is 0 Å². The van der Waals surface area contributed by atoms with Gasteiger partial charge >= 0.3 is 11.9 Å². The van der Waals surface area contributed by atoms with Gasteiger partial charge in [-0.05, 0) is 159 Å². The van der Waals surface area contributed by atoms with Gasteiger partial charge in [0.15, 0.2) is 0 Å². The van der Waals surface area contributed by atoms with Crippen molar-refractivity contribution in [3.8, 4) is 0 Å². The molecule has 0 spiro atoms. The highest BCUT2D eigenvalue weighted by molar-refractivity contribution is 5.90. The highest BCUT2D eigenvalue weighted by atomic mass is 16.6. The number of allylic oxidation sites excluding steroid dienone is 3. The van der Waals surface area contributed by atoms with Crippen LogP contribution in [0.15, 0.2) is 42.5 Å². The Morgan fingerprint density at radius 1 is 0.894 bits per heavy atom. The standard InChI is InChI=1S/C43H62O4/c1-11-12-27(2)30-19-24-43(37(45)46)26-25-41(9)32(35(30)43)17-18-34-40(8)22-20-31(39(6,7)33(40)21-23-42(34,41)10)28-13-15-29(16-14-28)36(44)47-38(3,4)5/h13-16,20,30,32-35H,2,11-12,17-19,21-26H2,1,3-10H3,(H,45,46)/t30-,32+,33-,34+,35+,40-,41+,42+,43-/m0/s1. The Morgan fingerprint density at radius 2 is 1.57 bits per heavy atom. The lowest BCUT2D eigenvalue weighted by Gasteiger charge is -2.72. The Kier molecular flexibility index (Phi) is 8.33. The Labute approximate surface area is 285 Å². The molecule has 1 aromatic rings. The molecule has 0 bridgehead atoms. The molecule has 4 saturated carbocycles. The van der Waals surface area contributed by atoms with Gasteiger partial charge in [-0.25, -0.2) is 4.79 Å². The zero-order valence-corrected chi connectivity index (χ0v) is 30.9. The summed E-state index contributed by atoms with van der Waals surface area (Å²) in [6, 6.07) is 8.10. The van der Waals surface area contributed by atoms with Gasteiger partial charge in [0, 0.05) is 0 Å². The molecule has 0 amide bonds. The molecule has 9 atom stereocenters. The van der Waals surface area contributed by atoms with Gasteiger partial charge in [0.2, 0.25) is 0 Å². The van der Waals surface area contributed by atoms with E-state index in [1.165, 1.54) is 36.0 Å². The monoisotopic (exact) mass is 642 g/mol. The third-order valence-corrected chi connectivity index (χ3v) is 15.4. The van der Waals surface area contributed by atoms with Crippen LogP contribution in [0, 0.1) is 56.7 Å². The number of carbonyl (C=O) groups is 2. The van der Waals surface area contributed by atoms with Gasteiger partial charge in [-0.3, -0.25) is 4.79 Å². The van der Waals surface area contributed by atoms with E-state index in [9.17, 15) is 14.7 Å². The smallest absolute Gasteiger partial charge is 0.338 e. The molecule has 47 heavy (non-hydrogen) atoms. The number of hydrogen-bond donors (Lipinski definition) is 1. The van der Waals surface area contributed by atoms with Crippen molar-refractivity contribution in [3.63, 3.8) is 0 Å². The van der Waals surface area contributed by atoms with E-state index in [1.807, 2.05) is 32.9 Å². The maximum absolute atomic E-state index is 13.1. The van der Waals surface area contributed by atoms with E-state index in [2.05, 4.69) is 66.3 Å². The predicted octanol–water partition coefficient (Wildman–Crippen LogP) is 11.2. The molecular weight excluding hydrogens is 580 g/mol. The molecule has 4 heteroatoms. The normalized spacial score (nSPS) is 40.6. The van der Waals surface area contributed by atoms with Crippen molar-refractivity contribution in [2.24, 2.45) is 56.7 Å². The maximum Gasteiger partial charge on any atom is 0.338 e. The minimum Gasteiger partial charge on any atom is -0.481 e. The van der Waals surface area contributed by atoms with Gasteiger partial charge in [0.1, 0.15) is 5.60 Å². The summed E-state index contributed by atoms with van der Waals surface area (Å²) in [4.78, 5) is 25.8. The average molecular weight is 643 g/mol. The quantitative estimate of drug-likeness (QED) is 0.248. The molecule has 258 valence electrons. The Hall–Kier alpha value is -2.36. The van der Waals surface area contributed by atoms with Gasteiger partial charge in [0.05, 0.1) is 11.0 Å². The second kappa shape index (κ2) is 11.3. The Bertz CT molecular complexity index is 1460. The van der Waals surface area contributed by atoms with Gasteiger partial charge in [0.25, 0.3) is 0 Å². The lowest BCUT2D eigenvalue weighted by atomic mass is 9.32. The van der Waals surface area contributed by atoms with Gasteiger partial charge < -0.3 is 9.84 Å². The van der Waals surface area contributed by atoms with Crippen molar-refractivity contribution >= 4 is 17.5 Å². The number of aliphatic carboxylic acids is 1. The lowest BCUT2D eigenvalue weighted by molar-refractivity contribution is -0.228. The van der Waals surface area contributed by atoms with Crippen LogP contribution in [-0.2, 0) is 9.53 Å². The molecule has 4 nitrogen and oxygen atoms in total. The van der Waals surface area contributed by atoms with Crippen molar-refractivity contribution in [2.45, 2.75) is 139 Å². The van der Waals surface area contributed by atoms with E-state index in [0.29, 0.717) is 29.2 Å². The second-order valence-corrected chi connectivity index (χ2v) is 18.8. The molecule has 1 N–H and O–H groups in total. The number of fused-ring (bicyclic) bond motifs is 7. The van der Waals surface area contributed by atoms with Crippen LogP contribution < -0.4 is 0 Å². The summed E-state index contributed by atoms with van der Waals surface area (Å²) in [7, 11) is 0. The van der Waals surface area contributed by atoms with Gasteiger partial charge in [-0.1, -0.05) is 78.3 Å². The number of carboxylic acids is 1. The third-order valence-electron chi connectivity index (χ3n) is 15.4. The van der Waals surface area contributed by atoms with Crippen LogP contribution in [0.5, 0.6) is 0 Å². The summed E-state index contributed by atoms with van der Waals surface area (Å²) >= 11 is 0. The van der Waals surface area contributed by atoms with Crippen LogP contribution in [0.1, 0.15) is 149 Å². The molecule has 0 radical (unpaired) electrons. The minimum atomic E-state index is -0.570. The van der Waals surface area contributed by atoms with Crippen LogP contribution in [0.3, 0.4) is 0 Å². The fourth-order valence-electron chi connectivity index (χ4n) is 13.1. The summed E-state index contributed by atoms with van der Waals surface area (Å²) in [6.07, 6.45) is 14.2. The molecule has 0 aliphatic heterocycles. The number of rotatable bonds is 6. The Balaban J connectivity index is 1.31. The van der Waals surface area contributed by atoms with Crippen molar-refractivity contribution in [3.05, 3.63) is 53.6 Å². The summed E-state index contributed by atoms with van der Waals surface area (Å²) in [5, 5.41) is 10.8. The highest BCUT2D eigenvalue weighted by Crippen LogP contribution is 2.77. The number of ether oxygens (including phenoxy) is 1. The number of hydrogen-bond acceptors (Lipinski definition) is 3. The first-order chi connectivity index (χ1) is 21.9. The number of esters is 1. The largest absolute Gasteiger partial charge is 0.481 e. The first-order valence-corrected chi connectivity index (χ1v) is 18.8. The molecule has 0 unspecified atom stereocenters. The van der Waals surface area contributed by atoms with Crippen LogP contribution in [0.4, 0.5) is 0 Å². The molecule has 6 rings (SSSR count). The first kappa shape index (κ1) is 34.5. The molecular formula is C43H62O4. The maximum atomic E-state index is 13.1. The summed E-state index contributed by atoms with van der Waals surface area (Å²) in [5.74, 6) is 1.38. The van der Waals surface area contributed by atoms with E-state index in [4.69, 9.17) is 4.74 Å². The van der Waals surface area contributed by atoms with Crippen LogP contribution >= 0.6 is 0 Å². The molecule has 5 aliphatic carbocycles. The van der Waals surface area contributed by atoms with Crippen molar-refractivity contribution < 1.29 is 19.4 Å². The van der Waals surface area contributed by atoms with E-state index in [0.717, 1.165) is 51.4 Å². The SMILES string of the molecule is C=C(CCC)[C@@H]1CC[C@]2(C(=O)O)CC[C@]3(C)[C@H](CC[C@@H]4[C@@]5(C)CC=C(c6ccc(C(=O)OC(C)(C)C)cc6)C(C)(C)[C@@H]5CC[C@]43C)[C@@H]12. The lowest BCUT2D eigenvalue weighted by Crippen LogP contribution is -2.65. The van der Waals surface area contributed by atoms with Crippen molar-refractivity contribution in [1.29, 1.82) is 0 Å². The molecule has 0 aromatic heterocycles. The molecule has 4 fully saturated rings. The van der Waals surface area contributed by atoms with E-state index >= 15 is 0 Å². The fraction of sp³-hybridized carbons (Fsp3) is 0.721. The summed E-state index contributed by atoms with van der Waals surface area (Å²) in [5.41, 5.74) is 3.96. The number of carboxylic acid groups (broad SMARTS) is 1. The number of benzene rings is 1. The highest BCUT2D eigenvalue weighted by Gasteiger charge is 2.71.